The fourth-order valence-corrected chi connectivity index (χ4v) is 1.34. The number of imide groups is 1. The van der Waals surface area contributed by atoms with Gasteiger partial charge in [-0.15, -0.1) is 0 Å². The average molecular weight is 225 g/mol. The molecule has 1 rings (SSSR count). The fraction of sp³-hybridized carbons (Fsp3) is 0.545. The Kier molecular flexibility index (Phi) is 4.22. The number of amides is 2. The van der Waals surface area contributed by atoms with Gasteiger partial charge in [-0.2, -0.15) is 0 Å². The van der Waals surface area contributed by atoms with E-state index < -0.39 is 23.8 Å². The van der Waals surface area contributed by atoms with Crippen molar-refractivity contribution >= 4 is 17.8 Å². The van der Waals surface area contributed by atoms with Gasteiger partial charge in [0.25, 0.3) is 11.8 Å². The van der Waals surface area contributed by atoms with Crippen molar-refractivity contribution in [3.63, 3.8) is 0 Å². The predicted octanol–water partition coefficient (Wildman–Crippen LogP) is 0.643. The number of unbranched alkanes of at least 4 members (excludes halogenated alkanes) is 1. The molecular formula is C11H15NO4. The summed E-state index contributed by atoms with van der Waals surface area (Å²) in [6.07, 6.45) is 4.00. The lowest BCUT2D eigenvalue weighted by Crippen LogP contribution is -2.43. The van der Waals surface area contributed by atoms with E-state index in [0.29, 0.717) is 6.61 Å². The zero-order valence-corrected chi connectivity index (χ0v) is 9.43. The standard InChI is InChI=1S/C11H15NO4/c1-3-4-7-16-11(15)8(2)12-9(13)5-6-10(12)14/h5-6,8H,3-4,7H2,1-2H3. The van der Waals surface area contributed by atoms with Gasteiger partial charge in [0.2, 0.25) is 0 Å². The van der Waals surface area contributed by atoms with Crippen molar-refractivity contribution in [1.29, 1.82) is 0 Å². The van der Waals surface area contributed by atoms with E-state index in [1.807, 2.05) is 6.92 Å². The Balaban J connectivity index is 2.50. The number of esters is 1. The zero-order valence-electron chi connectivity index (χ0n) is 9.43. The molecule has 0 bridgehead atoms. The molecule has 0 radical (unpaired) electrons. The molecule has 0 saturated heterocycles. The first-order valence-corrected chi connectivity index (χ1v) is 5.29. The smallest absolute Gasteiger partial charge is 0.329 e. The highest BCUT2D eigenvalue weighted by atomic mass is 16.5. The third kappa shape index (κ3) is 2.68. The van der Waals surface area contributed by atoms with Crippen LogP contribution in [0.25, 0.3) is 0 Å². The predicted molar refractivity (Wildman–Crippen MR) is 56.3 cm³/mol. The van der Waals surface area contributed by atoms with Gasteiger partial charge in [-0.3, -0.25) is 14.5 Å². The monoisotopic (exact) mass is 225 g/mol. The molecule has 2 amide bonds. The zero-order chi connectivity index (χ0) is 12.1. The Hall–Kier alpha value is -1.65. The van der Waals surface area contributed by atoms with Crippen LogP contribution in [-0.4, -0.2) is 35.3 Å². The molecular weight excluding hydrogens is 210 g/mol. The summed E-state index contributed by atoms with van der Waals surface area (Å²) in [5, 5.41) is 0. The Morgan fingerprint density at radius 3 is 2.44 bits per heavy atom. The molecule has 5 nitrogen and oxygen atoms in total. The number of nitrogens with zero attached hydrogens (tertiary/aromatic N) is 1. The molecule has 0 aromatic rings. The van der Waals surface area contributed by atoms with Crippen molar-refractivity contribution in [2.45, 2.75) is 32.7 Å². The van der Waals surface area contributed by atoms with Gasteiger partial charge in [-0.1, -0.05) is 13.3 Å². The van der Waals surface area contributed by atoms with Gasteiger partial charge in [0.1, 0.15) is 6.04 Å². The van der Waals surface area contributed by atoms with E-state index in [-0.39, 0.29) is 0 Å². The van der Waals surface area contributed by atoms with Crippen LogP contribution >= 0.6 is 0 Å². The van der Waals surface area contributed by atoms with Crippen molar-refractivity contribution < 1.29 is 19.1 Å². The van der Waals surface area contributed by atoms with Crippen molar-refractivity contribution in [2.75, 3.05) is 6.61 Å². The summed E-state index contributed by atoms with van der Waals surface area (Å²) in [6.45, 7) is 3.79. The number of hydrogen-bond acceptors (Lipinski definition) is 4. The van der Waals surface area contributed by atoms with Gasteiger partial charge in [0.15, 0.2) is 0 Å². The first-order chi connectivity index (χ1) is 7.57. The van der Waals surface area contributed by atoms with E-state index in [2.05, 4.69) is 0 Å². The van der Waals surface area contributed by atoms with E-state index >= 15 is 0 Å². The van der Waals surface area contributed by atoms with Gasteiger partial charge < -0.3 is 4.74 Å². The Labute approximate surface area is 94.1 Å². The van der Waals surface area contributed by atoms with Gasteiger partial charge in [0.05, 0.1) is 6.61 Å². The molecule has 0 saturated carbocycles. The van der Waals surface area contributed by atoms with Crippen LogP contribution < -0.4 is 0 Å². The van der Waals surface area contributed by atoms with Crippen LogP contribution in [0.15, 0.2) is 12.2 Å². The lowest BCUT2D eigenvalue weighted by atomic mass is 10.3. The van der Waals surface area contributed by atoms with Crippen LogP contribution in [0, 0.1) is 0 Å². The van der Waals surface area contributed by atoms with Crippen molar-refractivity contribution in [3.8, 4) is 0 Å². The highest BCUT2D eigenvalue weighted by Gasteiger charge is 2.33. The van der Waals surface area contributed by atoms with Crippen LogP contribution in [0.2, 0.25) is 0 Å². The van der Waals surface area contributed by atoms with Crippen LogP contribution in [0.4, 0.5) is 0 Å². The van der Waals surface area contributed by atoms with E-state index in [4.69, 9.17) is 4.74 Å². The highest BCUT2D eigenvalue weighted by molar-refractivity contribution is 6.14. The Morgan fingerprint density at radius 1 is 1.38 bits per heavy atom. The van der Waals surface area contributed by atoms with Crippen LogP contribution in [0.5, 0.6) is 0 Å². The molecule has 1 aliphatic rings. The lowest BCUT2D eigenvalue weighted by molar-refractivity contribution is -0.156. The van der Waals surface area contributed by atoms with Crippen LogP contribution in [0.1, 0.15) is 26.7 Å². The molecule has 0 aromatic carbocycles. The molecule has 5 heteroatoms. The lowest BCUT2D eigenvalue weighted by Gasteiger charge is -2.20. The van der Waals surface area contributed by atoms with E-state index in [9.17, 15) is 14.4 Å². The van der Waals surface area contributed by atoms with E-state index in [1.54, 1.807) is 0 Å². The van der Waals surface area contributed by atoms with E-state index in [1.165, 1.54) is 6.92 Å². The molecule has 0 aliphatic carbocycles. The Bertz CT molecular complexity index is 317. The second-order valence-electron chi connectivity index (χ2n) is 3.58. The summed E-state index contributed by atoms with van der Waals surface area (Å²) >= 11 is 0. The molecule has 88 valence electrons. The topological polar surface area (TPSA) is 63.7 Å². The second kappa shape index (κ2) is 5.44. The van der Waals surface area contributed by atoms with Gasteiger partial charge >= 0.3 is 5.97 Å². The maximum atomic E-state index is 11.5. The molecule has 0 fully saturated rings. The maximum Gasteiger partial charge on any atom is 0.329 e. The van der Waals surface area contributed by atoms with Gasteiger partial charge in [0, 0.05) is 12.2 Å². The second-order valence-corrected chi connectivity index (χ2v) is 3.58. The number of ether oxygens (including phenoxy) is 1. The van der Waals surface area contributed by atoms with Gasteiger partial charge in [-0.05, 0) is 13.3 Å². The maximum absolute atomic E-state index is 11.5. The molecule has 1 aliphatic heterocycles. The summed E-state index contributed by atoms with van der Waals surface area (Å²) in [5.41, 5.74) is 0. The largest absolute Gasteiger partial charge is 0.464 e. The summed E-state index contributed by atoms with van der Waals surface area (Å²) < 4.78 is 4.94. The minimum atomic E-state index is -0.855. The third-order valence-corrected chi connectivity index (χ3v) is 2.31. The quantitative estimate of drug-likeness (QED) is 0.391. The van der Waals surface area contributed by atoms with Crippen LogP contribution in [-0.2, 0) is 19.1 Å². The number of hydrogen-bond donors (Lipinski definition) is 0. The molecule has 0 aromatic heterocycles. The molecule has 0 spiro atoms. The van der Waals surface area contributed by atoms with Crippen molar-refractivity contribution in [1.82, 2.24) is 4.90 Å². The number of carbonyl (C=O) groups excluding carboxylic acids is 3. The summed E-state index contributed by atoms with van der Waals surface area (Å²) in [4.78, 5) is 34.9. The highest BCUT2D eigenvalue weighted by Crippen LogP contribution is 2.10. The summed E-state index contributed by atoms with van der Waals surface area (Å²) in [5.74, 6) is -1.48. The minimum Gasteiger partial charge on any atom is -0.464 e. The summed E-state index contributed by atoms with van der Waals surface area (Å²) in [7, 11) is 0. The van der Waals surface area contributed by atoms with Crippen LogP contribution in [0.3, 0.4) is 0 Å². The SMILES string of the molecule is CCCCOC(=O)C(C)N1C(=O)C=CC1=O. The molecule has 1 heterocycles. The molecule has 0 N–H and O–H groups in total. The first kappa shape index (κ1) is 12.4. The summed E-state index contributed by atoms with van der Waals surface area (Å²) in [6, 6.07) is -0.855. The van der Waals surface area contributed by atoms with Crippen molar-refractivity contribution in [3.05, 3.63) is 12.2 Å². The fourth-order valence-electron chi connectivity index (χ4n) is 1.34. The normalized spacial score (nSPS) is 16.8. The third-order valence-electron chi connectivity index (χ3n) is 2.31. The Morgan fingerprint density at radius 2 is 1.94 bits per heavy atom. The average Bonchev–Trinajstić information content (AvgIpc) is 2.58. The molecule has 1 atom stereocenters. The van der Waals surface area contributed by atoms with Crippen molar-refractivity contribution in [2.24, 2.45) is 0 Å². The molecule has 1 unspecified atom stereocenters. The van der Waals surface area contributed by atoms with Gasteiger partial charge in [-0.25, -0.2) is 4.79 Å². The molecule has 16 heavy (non-hydrogen) atoms. The number of rotatable bonds is 5. The minimum absolute atomic E-state index is 0.323. The first-order valence-electron chi connectivity index (χ1n) is 5.29. The van der Waals surface area contributed by atoms with E-state index in [0.717, 1.165) is 29.9 Å². The number of carbonyl (C=O) groups is 3.